The van der Waals surface area contributed by atoms with Crippen LogP contribution in [0.3, 0.4) is 0 Å². The van der Waals surface area contributed by atoms with Crippen molar-refractivity contribution in [3.05, 3.63) is 18.2 Å². The van der Waals surface area contributed by atoms with Crippen LogP contribution in [-0.2, 0) is 19.6 Å². The van der Waals surface area contributed by atoms with E-state index in [4.69, 9.17) is 9.47 Å². The van der Waals surface area contributed by atoms with Crippen molar-refractivity contribution in [1.82, 2.24) is 9.62 Å². The van der Waals surface area contributed by atoms with E-state index in [0.29, 0.717) is 38.5 Å². The van der Waals surface area contributed by atoms with Crippen LogP contribution in [0.15, 0.2) is 23.1 Å². The van der Waals surface area contributed by atoms with Crippen molar-refractivity contribution in [2.45, 2.75) is 44.7 Å². The van der Waals surface area contributed by atoms with Gasteiger partial charge in [-0.2, -0.15) is 4.31 Å². The molecule has 1 heterocycles. The minimum Gasteiger partial charge on any atom is -0.492 e. The smallest absolute Gasteiger partial charge is 0.246 e. The van der Waals surface area contributed by atoms with Gasteiger partial charge in [0.25, 0.3) is 0 Å². The van der Waals surface area contributed by atoms with Gasteiger partial charge in [-0.15, -0.1) is 12.4 Å². The summed E-state index contributed by atoms with van der Waals surface area (Å²) in [4.78, 5) is 12.6. The molecule has 28 heavy (non-hydrogen) atoms. The fourth-order valence-electron chi connectivity index (χ4n) is 3.01. The molecule has 1 aromatic rings. The molecule has 0 aliphatic carbocycles. The van der Waals surface area contributed by atoms with E-state index >= 15 is 0 Å². The molecule has 1 aliphatic heterocycles. The van der Waals surface area contributed by atoms with Gasteiger partial charge >= 0.3 is 0 Å². The SMILES string of the molecule is CCOc1ccc(NC(=O)[C@H]2NCCO[C@@H]2C)cc1S(=O)(=O)N(CC)CC.Cl. The van der Waals surface area contributed by atoms with Crippen LogP contribution in [0.25, 0.3) is 0 Å². The standard InChI is InChI=1S/C18H29N3O5S.ClH/c1-5-21(6-2)27(23,24)16-12-14(8-9-15(16)25-7-3)20-18(22)17-13(4)26-11-10-19-17;/h8-9,12-13,17,19H,5-7,10-11H2,1-4H3,(H,20,22);1H/t13-,17+;/m1./s1. The molecule has 2 rings (SSSR count). The number of ether oxygens (including phenoxy) is 2. The van der Waals surface area contributed by atoms with Gasteiger partial charge in [0.2, 0.25) is 15.9 Å². The number of benzene rings is 1. The normalized spacial score (nSPS) is 19.8. The van der Waals surface area contributed by atoms with E-state index in [9.17, 15) is 13.2 Å². The van der Waals surface area contributed by atoms with Gasteiger partial charge in [0.05, 0.1) is 19.3 Å². The van der Waals surface area contributed by atoms with Crippen LogP contribution in [0.5, 0.6) is 5.75 Å². The molecule has 1 amide bonds. The number of nitrogens with one attached hydrogen (secondary N) is 2. The van der Waals surface area contributed by atoms with Gasteiger partial charge < -0.3 is 20.1 Å². The Hall–Kier alpha value is -1.39. The highest BCUT2D eigenvalue weighted by molar-refractivity contribution is 7.89. The molecule has 0 bridgehead atoms. The quantitative estimate of drug-likeness (QED) is 0.646. The Balaban J connectivity index is 0.00000392. The lowest BCUT2D eigenvalue weighted by Crippen LogP contribution is -2.53. The first kappa shape index (κ1) is 24.6. The van der Waals surface area contributed by atoms with E-state index in [2.05, 4.69) is 10.6 Å². The third-order valence-corrected chi connectivity index (χ3v) is 6.50. The van der Waals surface area contributed by atoms with Crippen LogP contribution in [0.1, 0.15) is 27.7 Å². The number of anilines is 1. The Kier molecular flexibility index (Phi) is 9.65. The molecule has 2 N–H and O–H groups in total. The van der Waals surface area contributed by atoms with Crippen LogP contribution >= 0.6 is 12.4 Å². The lowest BCUT2D eigenvalue weighted by molar-refractivity contribution is -0.123. The third-order valence-electron chi connectivity index (χ3n) is 4.43. The maximum absolute atomic E-state index is 13.0. The van der Waals surface area contributed by atoms with Crippen molar-refractivity contribution in [2.75, 3.05) is 38.2 Å². The van der Waals surface area contributed by atoms with Gasteiger partial charge in [-0.05, 0) is 32.0 Å². The van der Waals surface area contributed by atoms with Crippen LogP contribution in [0.4, 0.5) is 5.69 Å². The molecule has 8 nitrogen and oxygen atoms in total. The zero-order valence-corrected chi connectivity index (χ0v) is 18.4. The second-order valence-corrected chi connectivity index (χ2v) is 8.09. The van der Waals surface area contributed by atoms with Crippen LogP contribution in [0.2, 0.25) is 0 Å². The number of rotatable bonds is 8. The van der Waals surface area contributed by atoms with E-state index in [1.54, 1.807) is 32.9 Å². The molecule has 160 valence electrons. The topological polar surface area (TPSA) is 97.0 Å². The van der Waals surface area contributed by atoms with Gasteiger partial charge in [0.15, 0.2) is 0 Å². The molecule has 1 aromatic carbocycles. The Labute approximate surface area is 173 Å². The molecule has 0 saturated carbocycles. The van der Waals surface area contributed by atoms with Gasteiger partial charge in [0, 0.05) is 25.3 Å². The molecule has 1 saturated heterocycles. The Morgan fingerprint density at radius 3 is 2.57 bits per heavy atom. The van der Waals surface area contributed by atoms with Crippen molar-refractivity contribution in [3.63, 3.8) is 0 Å². The minimum absolute atomic E-state index is 0. The highest BCUT2D eigenvalue weighted by Gasteiger charge is 2.30. The van der Waals surface area contributed by atoms with Crippen molar-refractivity contribution in [2.24, 2.45) is 0 Å². The van der Waals surface area contributed by atoms with E-state index in [1.807, 2.05) is 6.92 Å². The molecular weight excluding hydrogens is 406 g/mol. The van der Waals surface area contributed by atoms with Crippen molar-refractivity contribution < 1.29 is 22.7 Å². The number of nitrogens with zero attached hydrogens (tertiary/aromatic N) is 1. The molecule has 0 unspecified atom stereocenters. The summed E-state index contributed by atoms with van der Waals surface area (Å²) in [6.07, 6.45) is -0.264. The number of morpholine rings is 1. The number of carbonyl (C=O) groups is 1. The summed E-state index contributed by atoms with van der Waals surface area (Å²) >= 11 is 0. The van der Waals surface area contributed by atoms with Crippen LogP contribution < -0.4 is 15.4 Å². The zero-order chi connectivity index (χ0) is 20.0. The summed E-state index contributed by atoms with van der Waals surface area (Å²) in [7, 11) is -3.73. The van der Waals surface area contributed by atoms with Crippen LogP contribution in [-0.4, -0.2) is 63.6 Å². The first-order valence-electron chi connectivity index (χ1n) is 9.27. The largest absolute Gasteiger partial charge is 0.492 e. The van der Waals surface area contributed by atoms with Crippen molar-refractivity contribution >= 4 is 34.0 Å². The van der Waals surface area contributed by atoms with Crippen molar-refractivity contribution in [1.29, 1.82) is 0 Å². The van der Waals surface area contributed by atoms with Gasteiger partial charge in [0.1, 0.15) is 16.7 Å². The number of hydrogen-bond donors (Lipinski definition) is 2. The van der Waals surface area contributed by atoms with Crippen molar-refractivity contribution in [3.8, 4) is 5.75 Å². The van der Waals surface area contributed by atoms with E-state index in [1.165, 1.54) is 10.4 Å². The van der Waals surface area contributed by atoms with E-state index in [0.717, 1.165) is 0 Å². The molecule has 2 atom stereocenters. The third kappa shape index (κ3) is 5.57. The van der Waals surface area contributed by atoms with Gasteiger partial charge in [-0.3, -0.25) is 4.79 Å². The number of halogens is 1. The highest BCUT2D eigenvalue weighted by atomic mass is 35.5. The average molecular weight is 436 g/mol. The second-order valence-electron chi connectivity index (χ2n) is 6.18. The maximum atomic E-state index is 13.0. The molecule has 0 aromatic heterocycles. The summed E-state index contributed by atoms with van der Waals surface area (Å²) < 4.78 is 38.3. The predicted octanol–water partition coefficient (Wildman–Crippen LogP) is 1.85. The van der Waals surface area contributed by atoms with Crippen LogP contribution in [0, 0.1) is 0 Å². The minimum atomic E-state index is -3.73. The average Bonchev–Trinajstić information content (AvgIpc) is 2.64. The molecule has 10 heteroatoms. The first-order chi connectivity index (χ1) is 12.8. The molecule has 0 radical (unpaired) electrons. The molecule has 0 spiro atoms. The maximum Gasteiger partial charge on any atom is 0.246 e. The number of carbonyl (C=O) groups excluding carboxylic acids is 1. The number of sulfonamides is 1. The number of hydrogen-bond acceptors (Lipinski definition) is 6. The summed E-state index contributed by atoms with van der Waals surface area (Å²) in [5.41, 5.74) is 0.397. The lowest BCUT2D eigenvalue weighted by atomic mass is 10.1. The fourth-order valence-corrected chi connectivity index (χ4v) is 4.63. The van der Waals surface area contributed by atoms with Gasteiger partial charge in [-0.1, -0.05) is 13.8 Å². The first-order valence-corrected chi connectivity index (χ1v) is 10.7. The van der Waals surface area contributed by atoms with E-state index in [-0.39, 0.29) is 35.1 Å². The predicted molar refractivity (Wildman–Crippen MR) is 111 cm³/mol. The summed E-state index contributed by atoms with van der Waals surface area (Å²) in [6, 6.07) is 4.17. The number of amides is 1. The monoisotopic (exact) mass is 435 g/mol. The highest BCUT2D eigenvalue weighted by Crippen LogP contribution is 2.30. The molecule has 1 fully saturated rings. The van der Waals surface area contributed by atoms with E-state index < -0.39 is 16.1 Å². The summed E-state index contributed by atoms with van der Waals surface area (Å²) in [6.45, 7) is 9.36. The zero-order valence-electron chi connectivity index (χ0n) is 16.7. The Morgan fingerprint density at radius 2 is 2.00 bits per heavy atom. The van der Waals surface area contributed by atoms with Gasteiger partial charge in [-0.25, -0.2) is 8.42 Å². The Bertz CT molecular complexity index is 756. The molecular formula is C18H30ClN3O5S. The fraction of sp³-hybridized carbons (Fsp3) is 0.611. The second kappa shape index (κ2) is 11.0. The molecule has 1 aliphatic rings. The summed E-state index contributed by atoms with van der Waals surface area (Å²) in [5.74, 6) is 0.00689. The summed E-state index contributed by atoms with van der Waals surface area (Å²) in [5, 5.41) is 5.89. The lowest BCUT2D eigenvalue weighted by Gasteiger charge is -2.29. The Morgan fingerprint density at radius 1 is 1.32 bits per heavy atom.